The minimum Gasteiger partial charge on any atom is -0.496 e. The Balaban J connectivity index is 1.58. The third-order valence-corrected chi connectivity index (χ3v) is 5.07. The predicted molar refractivity (Wildman–Crippen MR) is 109 cm³/mol. The molecule has 0 N–H and O–H groups in total. The van der Waals surface area contributed by atoms with E-state index >= 15 is 0 Å². The van der Waals surface area contributed by atoms with Crippen LogP contribution in [-0.2, 0) is 0 Å². The molecule has 1 saturated heterocycles. The number of nitrogens with zero attached hydrogens (tertiary/aromatic N) is 2. The van der Waals surface area contributed by atoms with E-state index in [4.69, 9.17) is 14.2 Å². The van der Waals surface area contributed by atoms with Crippen molar-refractivity contribution in [2.75, 3.05) is 54.1 Å². The van der Waals surface area contributed by atoms with Crippen LogP contribution in [0.2, 0.25) is 0 Å². The van der Waals surface area contributed by atoms with E-state index in [1.54, 1.807) is 56.6 Å². The number of para-hydroxylation sites is 1. The fourth-order valence-electron chi connectivity index (χ4n) is 3.40. The van der Waals surface area contributed by atoms with Crippen molar-refractivity contribution in [2.24, 2.45) is 0 Å². The molecule has 7 heteroatoms. The number of ether oxygens (including phenoxy) is 3. The van der Waals surface area contributed by atoms with Gasteiger partial charge in [0.25, 0.3) is 5.91 Å². The van der Waals surface area contributed by atoms with Crippen LogP contribution in [0.3, 0.4) is 0 Å². The zero-order valence-corrected chi connectivity index (χ0v) is 17.0. The molecular formula is C22H26N2O5. The van der Waals surface area contributed by atoms with Crippen molar-refractivity contribution in [1.29, 1.82) is 0 Å². The molecule has 7 nitrogen and oxygen atoms in total. The molecule has 1 aliphatic heterocycles. The minimum absolute atomic E-state index is 0.00968. The molecular weight excluding hydrogens is 372 g/mol. The Morgan fingerprint density at radius 1 is 0.828 bits per heavy atom. The standard InChI is InChI=1S/C22H26N2O5/c1-27-19-7-5-4-6-17(19)22(26)24-12-10-23(11-13-24)15-18(25)16-8-9-20(28-2)21(14-16)29-3/h4-9,14H,10-13,15H2,1-3H3. The molecule has 1 amide bonds. The molecule has 1 fully saturated rings. The van der Waals surface area contributed by atoms with Crippen LogP contribution in [0.5, 0.6) is 17.2 Å². The summed E-state index contributed by atoms with van der Waals surface area (Å²) in [5.41, 5.74) is 1.14. The number of ketones is 1. The molecule has 2 aromatic rings. The van der Waals surface area contributed by atoms with Crippen LogP contribution in [0, 0.1) is 0 Å². The van der Waals surface area contributed by atoms with Gasteiger partial charge in [0.05, 0.1) is 33.4 Å². The topological polar surface area (TPSA) is 68.3 Å². The van der Waals surface area contributed by atoms with Gasteiger partial charge in [0, 0.05) is 31.7 Å². The van der Waals surface area contributed by atoms with E-state index in [1.165, 1.54) is 0 Å². The molecule has 0 unspecified atom stereocenters. The van der Waals surface area contributed by atoms with Gasteiger partial charge < -0.3 is 19.1 Å². The highest BCUT2D eigenvalue weighted by molar-refractivity contribution is 5.98. The fraction of sp³-hybridized carbons (Fsp3) is 0.364. The highest BCUT2D eigenvalue weighted by Crippen LogP contribution is 2.28. The number of hydrogen-bond acceptors (Lipinski definition) is 6. The van der Waals surface area contributed by atoms with E-state index in [1.807, 2.05) is 12.1 Å². The number of Topliss-reactive ketones (excluding diaryl/α,β-unsaturated/α-hetero) is 1. The molecule has 3 rings (SSSR count). The highest BCUT2D eigenvalue weighted by atomic mass is 16.5. The second kappa shape index (κ2) is 9.43. The number of amides is 1. The lowest BCUT2D eigenvalue weighted by molar-refractivity contribution is 0.0621. The number of carbonyl (C=O) groups excluding carboxylic acids is 2. The van der Waals surface area contributed by atoms with Crippen molar-refractivity contribution in [3.8, 4) is 17.2 Å². The average Bonchev–Trinajstić information content (AvgIpc) is 2.78. The van der Waals surface area contributed by atoms with Crippen molar-refractivity contribution in [2.45, 2.75) is 0 Å². The van der Waals surface area contributed by atoms with Crippen LogP contribution in [0.4, 0.5) is 0 Å². The lowest BCUT2D eigenvalue weighted by atomic mass is 10.1. The first-order valence-corrected chi connectivity index (χ1v) is 9.47. The summed E-state index contributed by atoms with van der Waals surface area (Å²) in [5.74, 6) is 1.66. The number of piperazine rings is 1. The molecule has 1 aliphatic rings. The number of methoxy groups -OCH3 is 3. The van der Waals surface area contributed by atoms with Crippen LogP contribution in [-0.4, -0.2) is 75.5 Å². The Morgan fingerprint density at radius 2 is 1.48 bits per heavy atom. The third-order valence-electron chi connectivity index (χ3n) is 5.07. The van der Waals surface area contributed by atoms with Crippen LogP contribution < -0.4 is 14.2 Å². The zero-order chi connectivity index (χ0) is 20.8. The van der Waals surface area contributed by atoms with Crippen LogP contribution in [0.25, 0.3) is 0 Å². The molecule has 0 atom stereocenters. The predicted octanol–water partition coefficient (Wildman–Crippen LogP) is 2.35. The Kier molecular flexibility index (Phi) is 6.72. The van der Waals surface area contributed by atoms with E-state index in [-0.39, 0.29) is 11.7 Å². The molecule has 154 valence electrons. The van der Waals surface area contributed by atoms with E-state index in [2.05, 4.69) is 4.90 Å². The van der Waals surface area contributed by atoms with Crippen molar-refractivity contribution < 1.29 is 23.8 Å². The molecule has 0 bridgehead atoms. The van der Waals surface area contributed by atoms with Crippen LogP contribution in [0.15, 0.2) is 42.5 Å². The van der Waals surface area contributed by atoms with Gasteiger partial charge in [-0.1, -0.05) is 12.1 Å². The third kappa shape index (κ3) is 4.68. The number of benzene rings is 2. The molecule has 0 aromatic heterocycles. The summed E-state index contributed by atoms with van der Waals surface area (Å²) in [7, 11) is 4.67. The van der Waals surface area contributed by atoms with Gasteiger partial charge in [0.1, 0.15) is 5.75 Å². The van der Waals surface area contributed by atoms with Gasteiger partial charge in [-0.15, -0.1) is 0 Å². The normalized spacial score (nSPS) is 14.4. The van der Waals surface area contributed by atoms with Gasteiger partial charge in [0.15, 0.2) is 17.3 Å². The molecule has 29 heavy (non-hydrogen) atoms. The summed E-state index contributed by atoms with van der Waals surface area (Å²) in [6.45, 7) is 2.71. The Hall–Kier alpha value is -3.06. The Morgan fingerprint density at radius 3 is 2.14 bits per heavy atom. The fourth-order valence-corrected chi connectivity index (χ4v) is 3.40. The lowest BCUT2D eigenvalue weighted by Crippen LogP contribution is -2.49. The second-order valence-electron chi connectivity index (χ2n) is 6.76. The maximum absolute atomic E-state index is 12.8. The molecule has 0 radical (unpaired) electrons. The zero-order valence-electron chi connectivity index (χ0n) is 17.0. The largest absolute Gasteiger partial charge is 0.496 e. The van der Waals surface area contributed by atoms with Crippen LogP contribution in [0.1, 0.15) is 20.7 Å². The maximum atomic E-state index is 12.8. The second-order valence-corrected chi connectivity index (χ2v) is 6.76. The summed E-state index contributed by atoms with van der Waals surface area (Å²) in [6, 6.07) is 12.4. The first-order chi connectivity index (χ1) is 14.1. The van der Waals surface area contributed by atoms with Gasteiger partial charge >= 0.3 is 0 Å². The maximum Gasteiger partial charge on any atom is 0.257 e. The van der Waals surface area contributed by atoms with E-state index < -0.39 is 0 Å². The molecule has 0 saturated carbocycles. The highest BCUT2D eigenvalue weighted by Gasteiger charge is 2.25. The van der Waals surface area contributed by atoms with Crippen LogP contribution >= 0.6 is 0 Å². The van der Waals surface area contributed by atoms with Crippen molar-refractivity contribution in [3.05, 3.63) is 53.6 Å². The molecule has 2 aromatic carbocycles. The quantitative estimate of drug-likeness (QED) is 0.667. The monoisotopic (exact) mass is 398 g/mol. The SMILES string of the molecule is COc1ccc(C(=O)CN2CCN(C(=O)c3ccccc3OC)CC2)cc1OC. The number of hydrogen-bond donors (Lipinski definition) is 0. The van der Waals surface area contributed by atoms with E-state index in [0.717, 1.165) is 0 Å². The van der Waals surface area contributed by atoms with Gasteiger partial charge in [-0.25, -0.2) is 0 Å². The first kappa shape index (κ1) is 20.7. The van der Waals surface area contributed by atoms with E-state index in [0.29, 0.717) is 61.1 Å². The summed E-state index contributed by atoms with van der Waals surface area (Å²) < 4.78 is 15.8. The molecule has 1 heterocycles. The Bertz CT molecular complexity index is 875. The van der Waals surface area contributed by atoms with Crippen molar-refractivity contribution >= 4 is 11.7 Å². The molecule has 0 aliphatic carbocycles. The smallest absolute Gasteiger partial charge is 0.257 e. The Labute approximate surface area is 170 Å². The number of carbonyl (C=O) groups is 2. The van der Waals surface area contributed by atoms with Gasteiger partial charge in [0.2, 0.25) is 0 Å². The summed E-state index contributed by atoms with van der Waals surface area (Å²) in [4.78, 5) is 29.3. The summed E-state index contributed by atoms with van der Waals surface area (Å²) in [5, 5.41) is 0. The lowest BCUT2D eigenvalue weighted by Gasteiger charge is -2.34. The average molecular weight is 398 g/mol. The van der Waals surface area contributed by atoms with Crippen molar-refractivity contribution in [3.63, 3.8) is 0 Å². The van der Waals surface area contributed by atoms with Gasteiger partial charge in [-0.2, -0.15) is 0 Å². The van der Waals surface area contributed by atoms with Gasteiger partial charge in [-0.3, -0.25) is 14.5 Å². The van der Waals surface area contributed by atoms with E-state index in [9.17, 15) is 9.59 Å². The number of rotatable bonds is 7. The minimum atomic E-state index is -0.0479. The van der Waals surface area contributed by atoms with Gasteiger partial charge in [-0.05, 0) is 30.3 Å². The summed E-state index contributed by atoms with van der Waals surface area (Å²) in [6.07, 6.45) is 0. The van der Waals surface area contributed by atoms with Crippen molar-refractivity contribution in [1.82, 2.24) is 9.80 Å². The molecule has 0 spiro atoms. The summed E-state index contributed by atoms with van der Waals surface area (Å²) >= 11 is 0. The first-order valence-electron chi connectivity index (χ1n) is 9.47.